The second-order valence-electron chi connectivity index (χ2n) is 5.92. The topological polar surface area (TPSA) is 42.1 Å². The SMILES string of the molecule is C[SiH](C)OC(CC(C)(C)C)c1cc[nH]c(=O)c1. The summed E-state index contributed by atoms with van der Waals surface area (Å²) in [5.74, 6) is 0. The number of hydrogen-bond acceptors (Lipinski definition) is 2. The van der Waals surface area contributed by atoms with Crippen molar-refractivity contribution in [2.45, 2.75) is 46.4 Å². The molecule has 96 valence electrons. The lowest BCUT2D eigenvalue weighted by Crippen LogP contribution is -2.21. The summed E-state index contributed by atoms with van der Waals surface area (Å²) in [6.07, 6.45) is 2.67. The molecule has 0 saturated heterocycles. The quantitative estimate of drug-likeness (QED) is 0.838. The Hall–Kier alpha value is -0.873. The highest BCUT2D eigenvalue weighted by atomic mass is 28.3. The van der Waals surface area contributed by atoms with Gasteiger partial charge in [-0.3, -0.25) is 4.79 Å². The molecular weight excluding hydrogens is 230 g/mol. The molecule has 0 fully saturated rings. The lowest BCUT2D eigenvalue weighted by Gasteiger charge is -2.28. The fourth-order valence-electron chi connectivity index (χ4n) is 1.79. The Balaban J connectivity index is 2.93. The van der Waals surface area contributed by atoms with Crippen molar-refractivity contribution in [2.24, 2.45) is 5.41 Å². The number of nitrogens with one attached hydrogen (secondary N) is 1. The summed E-state index contributed by atoms with van der Waals surface area (Å²) in [7, 11) is -1.12. The van der Waals surface area contributed by atoms with E-state index in [1.165, 1.54) is 0 Å². The van der Waals surface area contributed by atoms with E-state index >= 15 is 0 Å². The zero-order valence-electron chi connectivity index (χ0n) is 11.4. The van der Waals surface area contributed by atoms with Gasteiger partial charge in [0, 0.05) is 12.3 Å². The van der Waals surface area contributed by atoms with Crippen molar-refractivity contribution >= 4 is 9.04 Å². The van der Waals surface area contributed by atoms with Crippen molar-refractivity contribution < 1.29 is 4.43 Å². The zero-order chi connectivity index (χ0) is 13.1. The Bertz CT molecular complexity index is 406. The van der Waals surface area contributed by atoms with E-state index in [2.05, 4.69) is 38.8 Å². The van der Waals surface area contributed by atoms with Gasteiger partial charge in [-0.2, -0.15) is 0 Å². The lowest BCUT2D eigenvalue weighted by atomic mass is 9.87. The fourth-order valence-corrected chi connectivity index (χ4v) is 2.70. The van der Waals surface area contributed by atoms with Gasteiger partial charge in [-0.25, -0.2) is 0 Å². The summed E-state index contributed by atoms with van der Waals surface area (Å²) in [6, 6.07) is 3.59. The molecule has 0 aliphatic heterocycles. The van der Waals surface area contributed by atoms with Crippen LogP contribution in [0.25, 0.3) is 0 Å². The zero-order valence-corrected chi connectivity index (χ0v) is 12.6. The van der Waals surface area contributed by atoms with E-state index in [0.29, 0.717) is 0 Å². The molecule has 0 aromatic carbocycles. The molecule has 0 aliphatic rings. The van der Waals surface area contributed by atoms with Gasteiger partial charge in [-0.05, 0) is 36.6 Å². The van der Waals surface area contributed by atoms with E-state index in [9.17, 15) is 4.79 Å². The standard InChI is InChI=1S/C13H23NO2Si/c1-13(2,3)9-11(16-17(4)5)10-6-7-14-12(15)8-10/h6-8,11,17H,9H2,1-5H3,(H,14,15). The minimum absolute atomic E-state index is 0.0453. The molecule has 1 N–H and O–H groups in total. The van der Waals surface area contributed by atoms with Crippen LogP contribution in [0.15, 0.2) is 23.1 Å². The summed E-state index contributed by atoms with van der Waals surface area (Å²) in [4.78, 5) is 14.0. The molecule has 17 heavy (non-hydrogen) atoms. The van der Waals surface area contributed by atoms with Crippen molar-refractivity contribution in [3.05, 3.63) is 34.2 Å². The molecule has 0 aliphatic carbocycles. The second-order valence-corrected chi connectivity index (χ2v) is 8.29. The maximum Gasteiger partial charge on any atom is 0.248 e. The van der Waals surface area contributed by atoms with Crippen molar-refractivity contribution in [1.82, 2.24) is 4.98 Å². The van der Waals surface area contributed by atoms with Crippen LogP contribution >= 0.6 is 0 Å². The number of H-pyrrole nitrogens is 1. The molecular formula is C13H23NO2Si. The largest absolute Gasteiger partial charge is 0.414 e. The minimum atomic E-state index is -1.12. The minimum Gasteiger partial charge on any atom is -0.414 e. The average molecular weight is 253 g/mol. The molecule has 1 rings (SSSR count). The molecule has 1 unspecified atom stereocenters. The molecule has 0 bridgehead atoms. The van der Waals surface area contributed by atoms with Crippen LogP contribution in [-0.4, -0.2) is 14.0 Å². The number of hydrogen-bond donors (Lipinski definition) is 1. The highest BCUT2D eigenvalue weighted by Crippen LogP contribution is 2.31. The molecule has 0 radical (unpaired) electrons. The Labute approximate surface area is 105 Å². The second kappa shape index (κ2) is 5.64. The van der Waals surface area contributed by atoms with Gasteiger partial charge >= 0.3 is 0 Å². The van der Waals surface area contributed by atoms with Gasteiger partial charge in [0.1, 0.15) is 0 Å². The predicted octanol–water partition coefficient (Wildman–Crippen LogP) is 2.85. The van der Waals surface area contributed by atoms with Crippen molar-refractivity contribution in [3.8, 4) is 0 Å². The van der Waals surface area contributed by atoms with E-state index < -0.39 is 9.04 Å². The van der Waals surface area contributed by atoms with Crippen molar-refractivity contribution in [1.29, 1.82) is 0 Å². The van der Waals surface area contributed by atoms with Crippen LogP contribution in [0.4, 0.5) is 0 Å². The van der Waals surface area contributed by atoms with Crippen LogP contribution in [0.5, 0.6) is 0 Å². The van der Waals surface area contributed by atoms with Gasteiger partial charge in [-0.15, -0.1) is 0 Å². The molecule has 1 heterocycles. The average Bonchev–Trinajstić information content (AvgIpc) is 2.13. The van der Waals surface area contributed by atoms with Crippen molar-refractivity contribution in [2.75, 3.05) is 0 Å². The number of pyridine rings is 1. The highest BCUT2D eigenvalue weighted by molar-refractivity contribution is 6.48. The van der Waals surface area contributed by atoms with Gasteiger partial charge in [0.25, 0.3) is 0 Å². The van der Waals surface area contributed by atoms with Crippen LogP contribution in [0, 0.1) is 5.41 Å². The first-order chi connectivity index (χ1) is 7.78. The molecule has 0 saturated carbocycles. The smallest absolute Gasteiger partial charge is 0.248 e. The number of aromatic nitrogens is 1. The van der Waals surface area contributed by atoms with E-state index in [1.807, 2.05) is 6.07 Å². The van der Waals surface area contributed by atoms with Crippen LogP contribution in [-0.2, 0) is 4.43 Å². The maximum atomic E-state index is 11.3. The third kappa shape index (κ3) is 5.32. The number of aromatic amines is 1. The fraction of sp³-hybridized carbons (Fsp3) is 0.615. The Kier molecular flexibility index (Phi) is 4.71. The Morgan fingerprint density at radius 3 is 2.53 bits per heavy atom. The van der Waals surface area contributed by atoms with E-state index in [-0.39, 0.29) is 17.1 Å². The monoisotopic (exact) mass is 253 g/mol. The van der Waals surface area contributed by atoms with Gasteiger partial charge in [0.15, 0.2) is 9.04 Å². The Morgan fingerprint density at radius 2 is 2.06 bits per heavy atom. The summed E-state index contributed by atoms with van der Waals surface area (Å²) in [5.41, 5.74) is 1.12. The molecule has 1 aromatic heterocycles. The third-order valence-corrected chi connectivity index (χ3v) is 3.28. The van der Waals surface area contributed by atoms with E-state index in [4.69, 9.17) is 4.43 Å². The molecule has 3 nitrogen and oxygen atoms in total. The summed E-state index contributed by atoms with van der Waals surface area (Å²) in [5, 5.41) is 0. The van der Waals surface area contributed by atoms with Crippen LogP contribution in [0.3, 0.4) is 0 Å². The Morgan fingerprint density at radius 1 is 1.41 bits per heavy atom. The van der Waals surface area contributed by atoms with Gasteiger partial charge < -0.3 is 9.41 Å². The van der Waals surface area contributed by atoms with Crippen LogP contribution in [0.1, 0.15) is 38.9 Å². The molecule has 4 heteroatoms. The van der Waals surface area contributed by atoms with Gasteiger partial charge in [-0.1, -0.05) is 20.8 Å². The lowest BCUT2D eigenvalue weighted by molar-refractivity contribution is 0.146. The molecule has 1 aromatic rings. The molecule has 0 spiro atoms. The normalized spacial score (nSPS) is 14.0. The van der Waals surface area contributed by atoms with Crippen molar-refractivity contribution in [3.63, 3.8) is 0 Å². The van der Waals surface area contributed by atoms with Crippen LogP contribution < -0.4 is 5.56 Å². The maximum absolute atomic E-state index is 11.3. The van der Waals surface area contributed by atoms with Crippen LogP contribution in [0.2, 0.25) is 13.1 Å². The van der Waals surface area contributed by atoms with E-state index in [0.717, 1.165) is 12.0 Å². The summed E-state index contributed by atoms with van der Waals surface area (Å²) >= 11 is 0. The summed E-state index contributed by atoms with van der Waals surface area (Å²) < 4.78 is 6.05. The first kappa shape index (κ1) is 14.2. The highest BCUT2D eigenvalue weighted by Gasteiger charge is 2.22. The first-order valence-electron chi connectivity index (χ1n) is 6.12. The van der Waals surface area contributed by atoms with Gasteiger partial charge in [0.2, 0.25) is 5.56 Å². The summed E-state index contributed by atoms with van der Waals surface area (Å²) in [6.45, 7) is 10.9. The number of rotatable bonds is 4. The third-order valence-electron chi connectivity index (χ3n) is 2.41. The van der Waals surface area contributed by atoms with E-state index in [1.54, 1.807) is 12.3 Å². The molecule has 1 atom stereocenters. The molecule has 0 amide bonds. The predicted molar refractivity (Wildman–Crippen MR) is 73.8 cm³/mol. The van der Waals surface area contributed by atoms with Gasteiger partial charge in [0.05, 0.1) is 6.10 Å². The first-order valence-corrected chi connectivity index (χ1v) is 8.90.